The van der Waals surface area contributed by atoms with E-state index in [0.29, 0.717) is 11.6 Å². The second-order valence-electron chi connectivity index (χ2n) is 8.34. The van der Waals surface area contributed by atoms with E-state index in [4.69, 9.17) is 19.8 Å². The van der Waals surface area contributed by atoms with Gasteiger partial charge in [0.25, 0.3) is 12.9 Å². The van der Waals surface area contributed by atoms with Gasteiger partial charge < -0.3 is 20.4 Å². The van der Waals surface area contributed by atoms with Crippen LogP contribution in [0.25, 0.3) is 0 Å². The SMILES string of the molecule is O=CO.O=CO.c1ccc(N2CCC(NCC3(N4CCCCC4)CCCC3)C2)cc1. The Morgan fingerprint density at radius 2 is 1.53 bits per heavy atom. The smallest absolute Gasteiger partial charge is 0.290 e. The molecule has 7 heteroatoms. The number of anilines is 1. The number of rotatable bonds is 5. The van der Waals surface area contributed by atoms with Gasteiger partial charge in [-0.1, -0.05) is 37.5 Å². The highest BCUT2D eigenvalue weighted by Crippen LogP contribution is 2.36. The molecule has 0 spiro atoms. The van der Waals surface area contributed by atoms with Gasteiger partial charge in [0.15, 0.2) is 0 Å². The third-order valence-corrected chi connectivity index (χ3v) is 6.59. The second-order valence-corrected chi connectivity index (χ2v) is 8.34. The van der Waals surface area contributed by atoms with E-state index in [1.165, 1.54) is 89.8 Å². The molecule has 1 aromatic rings. The molecule has 30 heavy (non-hydrogen) atoms. The van der Waals surface area contributed by atoms with Crippen molar-refractivity contribution in [3.63, 3.8) is 0 Å². The van der Waals surface area contributed by atoms with Gasteiger partial charge in [-0.15, -0.1) is 0 Å². The minimum absolute atomic E-state index is 0.250. The van der Waals surface area contributed by atoms with Gasteiger partial charge in [-0.25, -0.2) is 0 Å². The van der Waals surface area contributed by atoms with E-state index in [2.05, 4.69) is 45.4 Å². The van der Waals surface area contributed by atoms with Gasteiger partial charge in [0.05, 0.1) is 0 Å². The second kappa shape index (κ2) is 13.2. The summed E-state index contributed by atoms with van der Waals surface area (Å²) in [6.45, 7) is 5.74. The molecule has 4 rings (SSSR count). The highest BCUT2D eigenvalue weighted by molar-refractivity contribution is 5.47. The number of nitrogens with zero attached hydrogens (tertiary/aromatic N) is 2. The van der Waals surface area contributed by atoms with Crippen molar-refractivity contribution in [2.75, 3.05) is 37.6 Å². The monoisotopic (exact) mass is 419 g/mol. The normalized spacial score (nSPS) is 22.9. The van der Waals surface area contributed by atoms with Crippen molar-refractivity contribution in [2.24, 2.45) is 0 Å². The zero-order valence-electron chi connectivity index (χ0n) is 17.9. The van der Waals surface area contributed by atoms with Crippen LogP contribution in [0, 0.1) is 0 Å². The van der Waals surface area contributed by atoms with E-state index in [9.17, 15) is 0 Å². The summed E-state index contributed by atoms with van der Waals surface area (Å²) in [5.41, 5.74) is 1.86. The number of carboxylic acid groups (broad SMARTS) is 2. The summed E-state index contributed by atoms with van der Waals surface area (Å²) in [5, 5.41) is 17.8. The van der Waals surface area contributed by atoms with Crippen LogP contribution in [0.3, 0.4) is 0 Å². The van der Waals surface area contributed by atoms with Gasteiger partial charge >= 0.3 is 0 Å². The number of hydrogen-bond donors (Lipinski definition) is 3. The van der Waals surface area contributed by atoms with Crippen molar-refractivity contribution in [3.8, 4) is 0 Å². The average molecular weight is 420 g/mol. The fourth-order valence-corrected chi connectivity index (χ4v) is 5.14. The van der Waals surface area contributed by atoms with Crippen molar-refractivity contribution in [1.29, 1.82) is 0 Å². The fraction of sp³-hybridized carbons (Fsp3) is 0.652. The molecule has 1 atom stereocenters. The fourth-order valence-electron chi connectivity index (χ4n) is 5.14. The molecule has 0 aromatic heterocycles. The van der Waals surface area contributed by atoms with Gasteiger partial charge in [-0.2, -0.15) is 0 Å². The van der Waals surface area contributed by atoms with E-state index >= 15 is 0 Å². The number of benzene rings is 1. The molecule has 1 aliphatic carbocycles. The van der Waals surface area contributed by atoms with Crippen LogP contribution < -0.4 is 10.2 Å². The van der Waals surface area contributed by atoms with E-state index in [0.717, 1.165) is 0 Å². The van der Waals surface area contributed by atoms with Crippen LogP contribution in [0.5, 0.6) is 0 Å². The largest absolute Gasteiger partial charge is 0.483 e. The minimum Gasteiger partial charge on any atom is -0.483 e. The maximum absolute atomic E-state index is 8.36. The number of nitrogens with one attached hydrogen (secondary N) is 1. The molecule has 3 aliphatic rings. The summed E-state index contributed by atoms with van der Waals surface area (Å²) in [7, 11) is 0. The summed E-state index contributed by atoms with van der Waals surface area (Å²) >= 11 is 0. The molecule has 168 valence electrons. The molecule has 7 nitrogen and oxygen atoms in total. The Kier molecular flexibility index (Phi) is 10.7. The Labute approximate surface area is 180 Å². The predicted octanol–water partition coefficient (Wildman–Crippen LogP) is 3.06. The molecular formula is C23H37N3O4. The van der Waals surface area contributed by atoms with Crippen LogP contribution in [-0.4, -0.2) is 72.4 Å². The van der Waals surface area contributed by atoms with Gasteiger partial charge in [0, 0.05) is 36.9 Å². The highest BCUT2D eigenvalue weighted by Gasteiger charge is 2.40. The Morgan fingerprint density at radius 3 is 2.13 bits per heavy atom. The number of hydrogen-bond acceptors (Lipinski definition) is 5. The van der Waals surface area contributed by atoms with Crippen LogP contribution in [0.2, 0.25) is 0 Å². The van der Waals surface area contributed by atoms with Gasteiger partial charge in [-0.3, -0.25) is 14.5 Å². The van der Waals surface area contributed by atoms with E-state index < -0.39 is 0 Å². The third kappa shape index (κ3) is 6.99. The molecule has 0 amide bonds. The maximum Gasteiger partial charge on any atom is 0.290 e. The molecule has 0 radical (unpaired) electrons. The first-order valence-electron chi connectivity index (χ1n) is 11.1. The number of para-hydroxylation sites is 1. The minimum atomic E-state index is -0.250. The summed E-state index contributed by atoms with van der Waals surface area (Å²) in [6, 6.07) is 11.6. The summed E-state index contributed by atoms with van der Waals surface area (Å²) in [4.78, 5) is 22.1. The van der Waals surface area contributed by atoms with Crippen molar-refractivity contribution >= 4 is 18.6 Å². The lowest BCUT2D eigenvalue weighted by Crippen LogP contribution is -2.56. The van der Waals surface area contributed by atoms with Gasteiger partial charge in [-0.05, 0) is 57.3 Å². The van der Waals surface area contributed by atoms with Crippen molar-refractivity contribution in [2.45, 2.75) is 62.9 Å². The Hall–Kier alpha value is -2.12. The maximum atomic E-state index is 8.36. The van der Waals surface area contributed by atoms with Crippen molar-refractivity contribution in [3.05, 3.63) is 30.3 Å². The topological polar surface area (TPSA) is 93.1 Å². The van der Waals surface area contributed by atoms with Crippen molar-refractivity contribution in [1.82, 2.24) is 10.2 Å². The Bertz CT molecular complexity index is 596. The summed E-state index contributed by atoms with van der Waals surface area (Å²) in [5.74, 6) is 0. The lowest BCUT2D eigenvalue weighted by Gasteiger charge is -2.44. The molecule has 1 saturated carbocycles. The number of carbonyl (C=O) groups is 2. The lowest BCUT2D eigenvalue weighted by molar-refractivity contribution is -0.123. The molecule has 1 unspecified atom stereocenters. The number of piperidine rings is 1. The first kappa shape index (κ1) is 24.2. The predicted molar refractivity (Wildman–Crippen MR) is 119 cm³/mol. The zero-order valence-corrected chi connectivity index (χ0v) is 17.9. The van der Waals surface area contributed by atoms with E-state index in [1.807, 2.05) is 0 Å². The van der Waals surface area contributed by atoms with E-state index in [-0.39, 0.29) is 12.9 Å². The number of likely N-dealkylation sites (tertiary alicyclic amines) is 1. The van der Waals surface area contributed by atoms with Crippen LogP contribution in [0.4, 0.5) is 5.69 Å². The van der Waals surface area contributed by atoms with Crippen LogP contribution >= 0.6 is 0 Å². The van der Waals surface area contributed by atoms with E-state index in [1.54, 1.807) is 0 Å². The molecule has 2 heterocycles. The Balaban J connectivity index is 0.000000480. The van der Waals surface area contributed by atoms with Crippen LogP contribution in [0.15, 0.2) is 30.3 Å². The van der Waals surface area contributed by atoms with Gasteiger partial charge in [0.1, 0.15) is 0 Å². The Morgan fingerprint density at radius 1 is 0.933 bits per heavy atom. The van der Waals surface area contributed by atoms with Crippen LogP contribution in [0.1, 0.15) is 51.4 Å². The summed E-state index contributed by atoms with van der Waals surface area (Å²) < 4.78 is 0. The molecule has 1 aromatic carbocycles. The molecule has 3 N–H and O–H groups in total. The van der Waals surface area contributed by atoms with Gasteiger partial charge in [0.2, 0.25) is 0 Å². The zero-order chi connectivity index (χ0) is 21.7. The first-order valence-corrected chi connectivity index (χ1v) is 11.1. The van der Waals surface area contributed by atoms with Crippen molar-refractivity contribution < 1.29 is 19.8 Å². The first-order chi connectivity index (χ1) is 14.7. The quantitative estimate of drug-likeness (QED) is 0.632. The molecule has 3 fully saturated rings. The lowest BCUT2D eigenvalue weighted by atomic mass is 9.91. The standard InChI is InChI=1S/C21H33N3.2CH2O2/c1-3-9-20(10-4-1)23-16-11-19(17-23)22-18-21(12-5-6-13-21)24-14-7-2-8-15-24;2*2-1-3/h1,3-4,9-10,19,22H,2,5-8,11-18H2;2*1H,(H,2,3). The molecular weight excluding hydrogens is 382 g/mol. The summed E-state index contributed by atoms with van der Waals surface area (Å²) in [6.07, 6.45) is 11.2. The third-order valence-electron chi connectivity index (χ3n) is 6.59. The molecule has 0 bridgehead atoms. The molecule has 2 saturated heterocycles. The highest BCUT2D eigenvalue weighted by atomic mass is 16.3. The molecule has 2 aliphatic heterocycles. The van der Waals surface area contributed by atoms with Crippen LogP contribution in [-0.2, 0) is 9.59 Å². The average Bonchev–Trinajstić information content (AvgIpc) is 3.45.